The van der Waals surface area contributed by atoms with Gasteiger partial charge < -0.3 is 0 Å². The molecule has 0 spiro atoms. The van der Waals surface area contributed by atoms with E-state index in [1.54, 1.807) is 33.4 Å². The van der Waals surface area contributed by atoms with Crippen LogP contribution < -0.4 is 0 Å². The molecule has 0 aliphatic heterocycles. The number of halogens is 2. The van der Waals surface area contributed by atoms with Crippen molar-refractivity contribution in [2.75, 3.05) is 0 Å². The zero-order chi connectivity index (χ0) is 24.8. The third-order valence-electron chi connectivity index (χ3n) is 7.89. The number of alkyl halides is 2. The molecule has 0 saturated heterocycles. The maximum atomic E-state index is 3.90. The Kier molecular flexibility index (Phi) is 10.5. The quantitative estimate of drug-likeness (QED) is 0.146. The van der Waals surface area contributed by atoms with Gasteiger partial charge >= 0.3 is 0 Å². The van der Waals surface area contributed by atoms with Gasteiger partial charge in [-0.25, -0.2) is 0 Å². The molecule has 0 aliphatic rings. The first kappa shape index (κ1) is 27.7. The summed E-state index contributed by atoms with van der Waals surface area (Å²) in [4.78, 5) is 0. The fraction of sp³-hybridized carbons (Fsp3) is 0.562. The van der Waals surface area contributed by atoms with Gasteiger partial charge in [0.2, 0.25) is 0 Å². The zero-order valence-electron chi connectivity index (χ0n) is 22.4. The molecule has 0 unspecified atom stereocenters. The van der Waals surface area contributed by atoms with E-state index in [1.165, 1.54) is 71.2 Å². The molecule has 0 atom stereocenters. The minimum absolute atomic E-state index is 0.940. The van der Waals surface area contributed by atoms with Crippen molar-refractivity contribution in [3.8, 4) is 0 Å². The molecule has 186 valence electrons. The first-order valence-corrected chi connectivity index (χ1v) is 16.0. The lowest BCUT2D eigenvalue weighted by Gasteiger charge is -2.25. The molecule has 0 saturated carbocycles. The van der Waals surface area contributed by atoms with Gasteiger partial charge in [-0.05, 0) is 130 Å². The molecule has 0 radical (unpaired) electrons. The van der Waals surface area contributed by atoms with E-state index in [0.717, 1.165) is 36.3 Å². The summed E-state index contributed by atoms with van der Waals surface area (Å²) in [6.45, 7) is 14.0. The van der Waals surface area contributed by atoms with Crippen LogP contribution >= 0.6 is 31.9 Å². The lowest BCUT2D eigenvalue weighted by Crippen LogP contribution is -2.08. The van der Waals surface area contributed by atoms with E-state index < -0.39 is 0 Å². The Bertz CT molecular complexity index is 1050. The van der Waals surface area contributed by atoms with Crippen LogP contribution in [0.4, 0.5) is 0 Å². The molecule has 0 aromatic heterocycles. The molecule has 3 rings (SSSR count). The number of rotatable bonds is 12. The summed E-state index contributed by atoms with van der Waals surface area (Å²) in [6, 6.07) is 5.23. The zero-order valence-corrected chi connectivity index (χ0v) is 25.6. The third kappa shape index (κ3) is 5.01. The van der Waals surface area contributed by atoms with Gasteiger partial charge in [0.15, 0.2) is 0 Å². The van der Waals surface area contributed by atoms with Crippen LogP contribution in [-0.4, -0.2) is 0 Å². The van der Waals surface area contributed by atoms with Gasteiger partial charge in [-0.1, -0.05) is 86.2 Å². The highest BCUT2D eigenvalue weighted by molar-refractivity contribution is 9.09. The summed E-state index contributed by atoms with van der Waals surface area (Å²) in [5.41, 5.74) is 12.7. The fourth-order valence-corrected chi connectivity index (χ4v) is 7.59. The summed E-state index contributed by atoms with van der Waals surface area (Å²) in [7, 11) is 0. The van der Waals surface area contributed by atoms with Crippen LogP contribution in [0.3, 0.4) is 0 Å². The summed E-state index contributed by atoms with van der Waals surface area (Å²) in [5.74, 6) is 0. The number of aryl methyl sites for hydroxylation is 4. The maximum Gasteiger partial charge on any atom is 0.0289 e. The highest BCUT2D eigenvalue weighted by Gasteiger charge is 2.21. The maximum absolute atomic E-state index is 3.90. The number of unbranched alkanes of at least 4 members (excludes halogenated alkanes) is 2. The first-order valence-electron chi connectivity index (χ1n) is 13.8. The average Bonchev–Trinajstić information content (AvgIpc) is 2.87. The van der Waals surface area contributed by atoms with Gasteiger partial charge in [-0.2, -0.15) is 0 Å². The Morgan fingerprint density at radius 3 is 1.03 bits per heavy atom. The summed E-state index contributed by atoms with van der Waals surface area (Å²) < 4.78 is 0. The number of hydrogen-bond donors (Lipinski definition) is 0. The first-order chi connectivity index (χ1) is 16.6. The Morgan fingerprint density at radius 1 is 0.441 bits per heavy atom. The molecule has 34 heavy (non-hydrogen) atoms. The Hall–Kier alpha value is -0.860. The van der Waals surface area contributed by atoms with E-state index in [9.17, 15) is 0 Å². The topological polar surface area (TPSA) is 0 Å². The molecule has 0 bridgehead atoms. The lowest BCUT2D eigenvalue weighted by atomic mass is 9.80. The van der Waals surface area contributed by atoms with Gasteiger partial charge in [0.05, 0.1) is 0 Å². The van der Waals surface area contributed by atoms with E-state index in [1.807, 2.05) is 0 Å². The molecule has 0 N–H and O–H groups in total. The summed E-state index contributed by atoms with van der Waals surface area (Å²) in [6.07, 6.45) is 11.8. The summed E-state index contributed by atoms with van der Waals surface area (Å²) >= 11 is 7.80. The predicted molar refractivity (Wildman–Crippen MR) is 161 cm³/mol. The molecule has 0 heterocycles. The van der Waals surface area contributed by atoms with Crippen LogP contribution in [-0.2, 0) is 49.2 Å². The minimum Gasteiger partial charge on any atom is -0.0876 e. The third-order valence-corrected chi connectivity index (χ3v) is 9.01. The van der Waals surface area contributed by atoms with Crippen molar-refractivity contribution in [2.24, 2.45) is 0 Å². The monoisotopic (exact) mass is 586 g/mol. The van der Waals surface area contributed by atoms with Crippen LogP contribution in [0.25, 0.3) is 21.5 Å². The smallest absolute Gasteiger partial charge is 0.0289 e. The molecule has 0 nitrogen and oxygen atoms in total. The van der Waals surface area contributed by atoms with Crippen LogP contribution in [0.1, 0.15) is 112 Å². The second-order valence-electron chi connectivity index (χ2n) is 9.66. The Morgan fingerprint density at radius 2 is 0.765 bits per heavy atom. The second-order valence-corrected chi connectivity index (χ2v) is 10.8. The summed E-state index contributed by atoms with van der Waals surface area (Å²) in [5, 5.41) is 7.97. The fourth-order valence-electron chi connectivity index (χ4n) is 6.24. The van der Waals surface area contributed by atoms with Crippen molar-refractivity contribution < 1.29 is 0 Å². The van der Waals surface area contributed by atoms with Gasteiger partial charge in [0, 0.05) is 10.7 Å². The van der Waals surface area contributed by atoms with Crippen molar-refractivity contribution in [3.63, 3.8) is 0 Å². The Labute approximate surface area is 225 Å². The van der Waals surface area contributed by atoms with Crippen molar-refractivity contribution in [3.05, 3.63) is 56.6 Å². The van der Waals surface area contributed by atoms with Gasteiger partial charge in [0.25, 0.3) is 0 Å². The van der Waals surface area contributed by atoms with Gasteiger partial charge in [0.1, 0.15) is 0 Å². The largest absolute Gasteiger partial charge is 0.0876 e. The van der Waals surface area contributed by atoms with Crippen molar-refractivity contribution in [1.29, 1.82) is 0 Å². The van der Waals surface area contributed by atoms with Crippen LogP contribution in [0.5, 0.6) is 0 Å². The van der Waals surface area contributed by atoms with Crippen LogP contribution in [0, 0.1) is 0 Å². The highest BCUT2D eigenvalue weighted by atomic mass is 79.9. The molecule has 2 heteroatoms. The van der Waals surface area contributed by atoms with Crippen molar-refractivity contribution >= 4 is 53.4 Å². The molecular formula is C32H44Br2. The van der Waals surface area contributed by atoms with Crippen molar-refractivity contribution in [1.82, 2.24) is 0 Å². The second kappa shape index (κ2) is 12.9. The van der Waals surface area contributed by atoms with E-state index in [-0.39, 0.29) is 0 Å². The predicted octanol–water partition coefficient (Wildman–Crippen LogP) is 10.7. The number of hydrogen-bond acceptors (Lipinski definition) is 0. The highest BCUT2D eigenvalue weighted by Crippen LogP contribution is 2.41. The average molecular weight is 589 g/mol. The standard InChI is InChI=1S/C32H44Br2/c1-7-13-15-25-29-17-27-23(11-5)21(9-3)22(10-4)24(12-6)28(27)18-30(29)26(16-14-8-2)32(20-34)31(25)19-33/h17-18H,7-16,19-20H2,1-6H3. The molecule has 0 amide bonds. The van der Waals surface area contributed by atoms with Crippen molar-refractivity contribution in [2.45, 2.75) is 116 Å². The van der Waals surface area contributed by atoms with Crippen LogP contribution in [0.2, 0.25) is 0 Å². The molecule has 3 aromatic carbocycles. The van der Waals surface area contributed by atoms with Gasteiger partial charge in [-0.3, -0.25) is 0 Å². The molecule has 3 aromatic rings. The Balaban J connectivity index is 2.60. The number of fused-ring (bicyclic) bond motifs is 2. The molecule has 0 fully saturated rings. The van der Waals surface area contributed by atoms with Gasteiger partial charge in [-0.15, -0.1) is 0 Å². The van der Waals surface area contributed by atoms with E-state index >= 15 is 0 Å². The van der Waals surface area contributed by atoms with Crippen LogP contribution in [0.15, 0.2) is 12.1 Å². The van der Waals surface area contributed by atoms with E-state index in [2.05, 4.69) is 85.5 Å². The minimum atomic E-state index is 0.940. The molecule has 0 aliphatic carbocycles. The van der Waals surface area contributed by atoms with E-state index in [0.29, 0.717) is 0 Å². The van der Waals surface area contributed by atoms with E-state index in [4.69, 9.17) is 0 Å². The number of benzene rings is 3. The lowest BCUT2D eigenvalue weighted by molar-refractivity contribution is 0.784. The SMILES string of the molecule is CCCCc1c(CBr)c(CBr)c(CCCC)c2cc3c(CC)c(CC)c(CC)c(CC)c3cc12. The molecular weight excluding hydrogens is 544 g/mol. The normalized spacial score (nSPS) is 11.8.